The molecule has 0 heterocycles. The molecule has 4 nitrogen and oxygen atoms in total. The standard InChI is InChI=1S/C15H18ClNO3/c1-3-9-17(4-2)15(20)12-6-5-11(13(16)10-12)7-8-14(18)19/h5-8,10H,3-4,9H2,1-2H3,(H,18,19)/b8-7+. The van der Waals surface area contributed by atoms with E-state index in [0.29, 0.717) is 29.2 Å². The van der Waals surface area contributed by atoms with Gasteiger partial charge < -0.3 is 10.0 Å². The quantitative estimate of drug-likeness (QED) is 0.819. The maximum absolute atomic E-state index is 12.3. The molecule has 0 aromatic heterocycles. The van der Waals surface area contributed by atoms with E-state index >= 15 is 0 Å². The van der Waals surface area contributed by atoms with E-state index in [1.54, 1.807) is 23.1 Å². The highest BCUT2D eigenvalue weighted by molar-refractivity contribution is 6.32. The average molecular weight is 296 g/mol. The molecule has 1 aromatic rings. The summed E-state index contributed by atoms with van der Waals surface area (Å²) in [6.45, 7) is 5.29. The lowest BCUT2D eigenvalue weighted by Crippen LogP contribution is -2.31. The van der Waals surface area contributed by atoms with Crippen molar-refractivity contribution >= 4 is 29.6 Å². The fraction of sp³-hybridized carbons (Fsp3) is 0.333. The molecule has 0 atom stereocenters. The van der Waals surface area contributed by atoms with Crippen LogP contribution in [0.2, 0.25) is 5.02 Å². The van der Waals surface area contributed by atoms with E-state index in [4.69, 9.17) is 16.7 Å². The van der Waals surface area contributed by atoms with Crippen molar-refractivity contribution < 1.29 is 14.7 Å². The van der Waals surface area contributed by atoms with Crippen molar-refractivity contribution in [2.75, 3.05) is 13.1 Å². The minimum absolute atomic E-state index is 0.0648. The topological polar surface area (TPSA) is 57.6 Å². The van der Waals surface area contributed by atoms with E-state index in [0.717, 1.165) is 12.5 Å². The number of aliphatic carboxylic acids is 1. The van der Waals surface area contributed by atoms with E-state index in [1.165, 1.54) is 6.08 Å². The third-order valence-corrected chi connectivity index (χ3v) is 3.14. The highest BCUT2D eigenvalue weighted by Gasteiger charge is 2.14. The van der Waals surface area contributed by atoms with Crippen LogP contribution in [0.15, 0.2) is 24.3 Å². The molecule has 1 amide bonds. The number of benzene rings is 1. The van der Waals surface area contributed by atoms with Crippen LogP contribution in [0.3, 0.4) is 0 Å². The van der Waals surface area contributed by atoms with Crippen molar-refractivity contribution in [1.29, 1.82) is 0 Å². The largest absolute Gasteiger partial charge is 0.478 e. The van der Waals surface area contributed by atoms with Crippen molar-refractivity contribution in [3.8, 4) is 0 Å². The van der Waals surface area contributed by atoms with Crippen LogP contribution in [0.25, 0.3) is 6.08 Å². The summed E-state index contributed by atoms with van der Waals surface area (Å²) in [5.74, 6) is -1.11. The highest BCUT2D eigenvalue weighted by atomic mass is 35.5. The molecular formula is C15H18ClNO3. The fourth-order valence-corrected chi connectivity index (χ4v) is 2.06. The van der Waals surface area contributed by atoms with Crippen LogP contribution in [-0.2, 0) is 4.79 Å². The van der Waals surface area contributed by atoms with Crippen LogP contribution in [0.5, 0.6) is 0 Å². The van der Waals surface area contributed by atoms with Gasteiger partial charge in [0.05, 0.1) is 0 Å². The number of amides is 1. The smallest absolute Gasteiger partial charge is 0.328 e. The molecule has 108 valence electrons. The van der Waals surface area contributed by atoms with Crippen LogP contribution in [0.1, 0.15) is 36.2 Å². The first kappa shape index (κ1) is 16.2. The first-order chi connectivity index (χ1) is 9.49. The van der Waals surface area contributed by atoms with Gasteiger partial charge >= 0.3 is 5.97 Å². The monoisotopic (exact) mass is 295 g/mol. The summed E-state index contributed by atoms with van der Waals surface area (Å²) in [6.07, 6.45) is 3.31. The fourth-order valence-electron chi connectivity index (χ4n) is 1.81. The third-order valence-electron chi connectivity index (χ3n) is 2.82. The van der Waals surface area contributed by atoms with Gasteiger partial charge in [0.2, 0.25) is 0 Å². The number of carboxylic acids is 1. The number of carboxylic acid groups (broad SMARTS) is 1. The second-order valence-corrected chi connectivity index (χ2v) is 4.70. The summed E-state index contributed by atoms with van der Waals surface area (Å²) in [7, 11) is 0. The van der Waals surface area contributed by atoms with Crippen LogP contribution < -0.4 is 0 Å². The summed E-state index contributed by atoms with van der Waals surface area (Å²) in [4.78, 5) is 24.5. The predicted molar refractivity (Wildman–Crippen MR) is 80.0 cm³/mol. The van der Waals surface area contributed by atoms with Gasteiger partial charge in [0.25, 0.3) is 5.91 Å². The Morgan fingerprint density at radius 2 is 2.05 bits per heavy atom. The second kappa shape index (κ2) is 7.70. The molecule has 1 N–H and O–H groups in total. The Hall–Kier alpha value is -1.81. The van der Waals surface area contributed by atoms with Gasteiger partial charge in [-0.2, -0.15) is 0 Å². The Balaban J connectivity index is 2.96. The first-order valence-corrected chi connectivity index (χ1v) is 6.87. The zero-order chi connectivity index (χ0) is 15.1. The Morgan fingerprint density at radius 1 is 1.35 bits per heavy atom. The molecule has 0 aliphatic heterocycles. The van der Waals surface area contributed by atoms with E-state index in [1.807, 2.05) is 13.8 Å². The van der Waals surface area contributed by atoms with Gasteiger partial charge in [-0.15, -0.1) is 0 Å². The number of halogens is 1. The second-order valence-electron chi connectivity index (χ2n) is 4.29. The van der Waals surface area contributed by atoms with Gasteiger partial charge in [0.15, 0.2) is 0 Å². The van der Waals surface area contributed by atoms with Crippen molar-refractivity contribution in [3.05, 3.63) is 40.4 Å². The molecule has 5 heteroatoms. The maximum Gasteiger partial charge on any atom is 0.328 e. The number of nitrogens with zero attached hydrogens (tertiary/aromatic N) is 1. The van der Waals surface area contributed by atoms with Gasteiger partial charge in [-0.25, -0.2) is 4.79 Å². The minimum Gasteiger partial charge on any atom is -0.478 e. The van der Waals surface area contributed by atoms with Gasteiger partial charge in [-0.1, -0.05) is 24.6 Å². The highest BCUT2D eigenvalue weighted by Crippen LogP contribution is 2.20. The summed E-state index contributed by atoms with van der Waals surface area (Å²) in [6, 6.07) is 4.88. The molecule has 1 rings (SSSR count). The molecule has 0 bridgehead atoms. The lowest BCUT2D eigenvalue weighted by atomic mass is 10.1. The maximum atomic E-state index is 12.3. The minimum atomic E-state index is -1.04. The van der Waals surface area contributed by atoms with Crippen molar-refractivity contribution in [2.24, 2.45) is 0 Å². The zero-order valence-electron chi connectivity index (χ0n) is 11.6. The first-order valence-electron chi connectivity index (χ1n) is 6.49. The van der Waals surface area contributed by atoms with E-state index in [2.05, 4.69) is 0 Å². The Bertz CT molecular complexity index is 526. The molecule has 0 aliphatic rings. The predicted octanol–water partition coefficient (Wildman–Crippen LogP) is 3.31. The Kier molecular flexibility index (Phi) is 6.25. The molecule has 0 unspecified atom stereocenters. The van der Waals surface area contributed by atoms with Crippen molar-refractivity contribution in [3.63, 3.8) is 0 Å². The van der Waals surface area contributed by atoms with Crippen LogP contribution in [0.4, 0.5) is 0 Å². The Morgan fingerprint density at radius 3 is 2.55 bits per heavy atom. The number of carbonyl (C=O) groups is 2. The number of carbonyl (C=O) groups excluding carboxylic acids is 1. The molecule has 0 aliphatic carbocycles. The normalized spacial score (nSPS) is 10.8. The van der Waals surface area contributed by atoms with Gasteiger partial charge in [-0.05, 0) is 37.1 Å². The summed E-state index contributed by atoms with van der Waals surface area (Å²) >= 11 is 6.07. The number of rotatable bonds is 6. The molecule has 20 heavy (non-hydrogen) atoms. The summed E-state index contributed by atoms with van der Waals surface area (Å²) in [5.41, 5.74) is 1.09. The molecule has 0 saturated carbocycles. The van der Waals surface area contributed by atoms with E-state index < -0.39 is 5.97 Å². The average Bonchev–Trinajstić information content (AvgIpc) is 2.42. The zero-order valence-corrected chi connectivity index (χ0v) is 12.4. The number of hydrogen-bond acceptors (Lipinski definition) is 2. The molecule has 1 aromatic carbocycles. The molecule has 0 radical (unpaired) electrons. The lowest BCUT2D eigenvalue weighted by molar-refractivity contribution is -0.131. The van der Waals surface area contributed by atoms with Gasteiger partial charge in [0.1, 0.15) is 0 Å². The Labute approximate surface area is 123 Å². The van der Waals surface area contributed by atoms with E-state index in [-0.39, 0.29) is 5.91 Å². The molecule has 0 fully saturated rings. The van der Waals surface area contributed by atoms with Crippen LogP contribution in [0, 0.1) is 0 Å². The SMILES string of the molecule is CCCN(CC)C(=O)c1ccc(/C=C/C(=O)O)c(Cl)c1. The van der Waals surface area contributed by atoms with Crippen LogP contribution in [-0.4, -0.2) is 35.0 Å². The van der Waals surface area contributed by atoms with Gasteiger partial charge in [-0.3, -0.25) is 4.79 Å². The van der Waals surface area contributed by atoms with Gasteiger partial charge in [0, 0.05) is 29.8 Å². The summed E-state index contributed by atoms with van der Waals surface area (Å²) in [5, 5.41) is 8.94. The third kappa shape index (κ3) is 4.38. The lowest BCUT2D eigenvalue weighted by Gasteiger charge is -2.20. The number of hydrogen-bond donors (Lipinski definition) is 1. The van der Waals surface area contributed by atoms with E-state index in [9.17, 15) is 9.59 Å². The van der Waals surface area contributed by atoms with Crippen molar-refractivity contribution in [2.45, 2.75) is 20.3 Å². The molecule has 0 spiro atoms. The van der Waals surface area contributed by atoms with Crippen molar-refractivity contribution in [1.82, 2.24) is 4.90 Å². The molecule has 0 saturated heterocycles. The van der Waals surface area contributed by atoms with Crippen LogP contribution >= 0.6 is 11.6 Å². The molecular weight excluding hydrogens is 278 g/mol. The summed E-state index contributed by atoms with van der Waals surface area (Å²) < 4.78 is 0.